The summed E-state index contributed by atoms with van der Waals surface area (Å²) in [4.78, 5) is 28.2. The molecular weight excluding hydrogens is 624 g/mol. The van der Waals surface area contributed by atoms with Crippen molar-refractivity contribution in [3.63, 3.8) is 0 Å². The molecule has 0 saturated carbocycles. The van der Waals surface area contributed by atoms with E-state index in [0.29, 0.717) is 25.4 Å². The molecule has 4 rings (SSSR count). The summed E-state index contributed by atoms with van der Waals surface area (Å²) in [6, 6.07) is 11.3. The van der Waals surface area contributed by atoms with Crippen molar-refractivity contribution in [3.05, 3.63) is 54.0 Å². The standard InChI is InChI=1S/C41H64N6O3/c1-33(2)18-11-8-6-4-3-5-7-9-16-30-50-31-29-47(27-15-10-12-20-35-24-23-34-19-17-26-42-39(34)45-35)28-25-38(41(48)49)46-40-36-21-13-14-22-37(36)43-32-44-40/h13-14,21-24,32-33,38H,3-12,15-20,25-31H2,1-2H3,(H,42,45)(H,48,49)(H,43,44,46)/t38-/m0/s1. The van der Waals surface area contributed by atoms with Gasteiger partial charge in [-0.05, 0) is 81.2 Å². The van der Waals surface area contributed by atoms with E-state index in [2.05, 4.69) is 51.5 Å². The Hall–Kier alpha value is -3.30. The molecule has 9 nitrogen and oxygen atoms in total. The van der Waals surface area contributed by atoms with E-state index in [1.165, 1.54) is 76.1 Å². The highest BCUT2D eigenvalue weighted by Gasteiger charge is 2.20. The van der Waals surface area contributed by atoms with Gasteiger partial charge in [-0.15, -0.1) is 0 Å². The highest BCUT2D eigenvalue weighted by atomic mass is 16.5. The van der Waals surface area contributed by atoms with Gasteiger partial charge >= 0.3 is 5.97 Å². The Balaban J connectivity index is 1.17. The first kappa shape index (κ1) is 39.5. The van der Waals surface area contributed by atoms with E-state index < -0.39 is 12.0 Å². The summed E-state index contributed by atoms with van der Waals surface area (Å²) in [5.41, 5.74) is 3.29. The van der Waals surface area contributed by atoms with E-state index >= 15 is 0 Å². The first-order valence-corrected chi connectivity index (χ1v) is 19.7. The first-order chi connectivity index (χ1) is 24.5. The number of carboxylic acid groups (broad SMARTS) is 1. The topological polar surface area (TPSA) is 113 Å². The van der Waals surface area contributed by atoms with Crippen LogP contribution in [0.1, 0.15) is 121 Å². The Bertz CT molecular complexity index is 1380. The zero-order valence-corrected chi connectivity index (χ0v) is 31.0. The van der Waals surface area contributed by atoms with Gasteiger partial charge in [-0.1, -0.05) is 96.3 Å². The number of hydrogen-bond acceptors (Lipinski definition) is 8. The fourth-order valence-corrected chi connectivity index (χ4v) is 6.81. The van der Waals surface area contributed by atoms with Crippen LogP contribution in [0.3, 0.4) is 0 Å². The van der Waals surface area contributed by atoms with Crippen LogP contribution < -0.4 is 10.6 Å². The van der Waals surface area contributed by atoms with Gasteiger partial charge in [-0.25, -0.2) is 19.7 Å². The zero-order valence-electron chi connectivity index (χ0n) is 31.0. The summed E-state index contributed by atoms with van der Waals surface area (Å²) in [6.45, 7) is 9.50. The number of ether oxygens (including phenoxy) is 1. The summed E-state index contributed by atoms with van der Waals surface area (Å²) in [5.74, 6) is 1.59. The van der Waals surface area contributed by atoms with Gasteiger partial charge < -0.3 is 25.4 Å². The third-order valence-corrected chi connectivity index (χ3v) is 9.87. The number of aliphatic carboxylic acids is 1. The minimum atomic E-state index is -0.873. The molecule has 1 atom stereocenters. The average molecular weight is 689 g/mol. The van der Waals surface area contributed by atoms with Crippen molar-refractivity contribution >= 4 is 28.5 Å². The molecule has 3 N–H and O–H groups in total. The number of hydrogen-bond donors (Lipinski definition) is 3. The van der Waals surface area contributed by atoms with Crippen LogP contribution in [0, 0.1) is 5.92 Å². The lowest BCUT2D eigenvalue weighted by Gasteiger charge is -2.25. The monoisotopic (exact) mass is 689 g/mol. The van der Waals surface area contributed by atoms with Gasteiger partial charge in [0.25, 0.3) is 0 Å². The predicted octanol–water partition coefficient (Wildman–Crippen LogP) is 8.93. The van der Waals surface area contributed by atoms with Gasteiger partial charge in [0.1, 0.15) is 24.0 Å². The summed E-state index contributed by atoms with van der Waals surface area (Å²) in [5, 5.41) is 17.6. The van der Waals surface area contributed by atoms with E-state index in [1.807, 2.05) is 24.3 Å². The van der Waals surface area contributed by atoms with E-state index in [9.17, 15) is 9.90 Å². The SMILES string of the molecule is CC(C)CCCCCCCCCCCOCCN(CCCCCc1ccc2c(n1)NCCC2)CC[C@H](Nc1ncnc2ccccc12)C(=O)O. The quantitative estimate of drug-likeness (QED) is 0.0676. The molecular formula is C41H64N6O3. The van der Waals surface area contributed by atoms with Gasteiger partial charge in [0, 0.05) is 37.3 Å². The van der Waals surface area contributed by atoms with Crippen LogP contribution in [0.5, 0.6) is 0 Å². The second-order valence-electron chi connectivity index (χ2n) is 14.5. The highest BCUT2D eigenvalue weighted by Crippen LogP contribution is 2.22. The number of rotatable bonds is 27. The predicted molar refractivity (Wildman–Crippen MR) is 206 cm³/mol. The van der Waals surface area contributed by atoms with Crippen molar-refractivity contribution in [1.29, 1.82) is 0 Å². The van der Waals surface area contributed by atoms with Crippen LogP contribution in [0.4, 0.5) is 11.6 Å². The fraction of sp³-hybridized carbons (Fsp3) is 0.659. The Kier molecular flexibility index (Phi) is 18.3. The maximum absolute atomic E-state index is 12.3. The number of carboxylic acids is 1. The molecule has 9 heteroatoms. The van der Waals surface area contributed by atoms with Crippen molar-refractivity contribution in [1.82, 2.24) is 19.9 Å². The molecule has 0 unspecified atom stereocenters. The fourth-order valence-electron chi connectivity index (χ4n) is 6.81. The summed E-state index contributed by atoms with van der Waals surface area (Å²) >= 11 is 0. The van der Waals surface area contributed by atoms with Crippen LogP contribution in [0.25, 0.3) is 10.9 Å². The van der Waals surface area contributed by atoms with Gasteiger partial charge in [-0.3, -0.25) is 0 Å². The molecule has 0 radical (unpaired) electrons. The van der Waals surface area contributed by atoms with E-state index in [1.54, 1.807) is 0 Å². The van der Waals surface area contributed by atoms with E-state index in [-0.39, 0.29) is 0 Å². The number of pyridine rings is 1. The number of nitrogens with zero attached hydrogens (tertiary/aromatic N) is 4. The van der Waals surface area contributed by atoms with Gasteiger partial charge in [-0.2, -0.15) is 0 Å². The number of aryl methyl sites for hydroxylation is 2. The first-order valence-electron chi connectivity index (χ1n) is 19.7. The molecule has 276 valence electrons. The number of benzene rings is 1. The van der Waals surface area contributed by atoms with Gasteiger partial charge in [0.2, 0.25) is 0 Å². The molecule has 0 spiro atoms. The third kappa shape index (κ3) is 14.9. The van der Waals surface area contributed by atoms with Crippen LogP contribution in [-0.2, 0) is 22.4 Å². The molecule has 1 aliphatic heterocycles. The largest absolute Gasteiger partial charge is 0.480 e. The summed E-state index contributed by atoms with van der Waals surface area (Å²) < 4.78 is 6.08. The maximum Gasteiger partial charge on any atom is 0.326 e. The Labute approximate surface area is 301 Å². The summed E-state index contributed by atoms with van der Waals surface area (Å²) in [6.07, 6.45) is 21.7. The van der Waals surface area contributed by atoms with E-state index in [0.717, 1.165) is 93.1 Å². The van der Waals surface area contributed by atoms with Crippen molar-refractivity contribution in [3.8, 4) is 0 Å². The van der Waals surface area contributed by atoms with Crippen LogP contribution in [0.2, 0.25) is 0 Å². The number of nitrogens with one attached hydrogen (secondary N) is 2. The minimum Gasteiger partial charge on any atom is -0.480 e. The lowest BCUT2D eigenvalue weighted by Crippen LogP contribution is -2.37. The molecule has 2 aromatic heterocycles. The van der Waals surface area contributed by atoms with Crippen molar-refractivity contribution in [2.24, 2.45) is 5.92 Å². The van der Waals surface area contributed by atoms with Gasteiger partial charge in [0.05, 0.1) is 12.1 Å². The number of fused-ring (bicyclic) bond motifs is 2. The molecule has 1 aliphatic rings. The second kappa shape index (κ2) is 23.2. The minimum absolute atomic E-state index is 0.470. The Morgan fingerprint density at radius 1 is 0.860 bits per heavy atom. The molecule has 1 aromatic carbocycles. The molecule has 0 amide bonds. The van der Waals surface area contributed by atoms with Gasteiger partial charge in [0.15, 0.2) is 0 Å². The average Bonchev–Trinajstić information content (AvgIpc) is 3.12. The van der Waals surface area contributed by atoms with Crippen molar-refractivity contribution in [2.75, 3.05) is 50.0 Å². The normalized spacial score (nSPS) is 13.4. The van der Waals surface area contributed by atoms with Crippen LogP contribution in [0.15, 0.2) is 42.7 Å². The molecule has 0 aliphatic carbocycles. The van der Waals surface area contributed by atoms with Crippen molar-refractivity contribution in [2.45, 2.75) is 129 Å². The molecule has 0 saturated heterocycles. The molecule has 50 heavy (non-hydrogen) atoms. The lowest BCUT2D eigenvalue weighted by atomic mass is 10.0. The number of unbranched alkanes of at least 4 members (excludes halogenated alkanes) is 10. The highest BCUT2D eigenvalue weighted by molar-refractivity contribution is 5.90. The number of para-hydroxylation sites is 1. The Morgan fingerprint density at radius 3 is 2.42 bits per heavy atom. The lowest BCUT2D eigenvalue weighted by molar-refractivity contribution is -0.138. The maximum atomic E-state index is 12.3. The number of aromatic nitrogens is 3. The number of anilines is 2. The van der Waals surface area contributed by atoms with E-state index in [4.69, 9.17) is 9.72 Å². The molecule has 0 bridgehead atoms. The summed E-state index contributed by atoms with van der Waals surface area (Å²) in [7, 11) is 0. The molecule has 0 fully saturated rings. The molecule has 3 aromatic rings. The second-order valence-corrected chi connectivity index (χ2v) is 14.5. The third-order valence-electron chi connectivity index (χ3n) is 9.87. The number of carbonyl (C=O) groups is 1. The van der Waals surface area contributed by atoms with Crippen molar-refractivity contribution < 1.29 is 14.6 Å². The van der Waals surface area contributed by atoms with Crippen LogP contribution in [-0.4, -0.2) is 76.4 Å². The zero-order chi connectivity index (χ0) is 35.2. The smallest absolute Gasteiger partial charge is 0.326 e. The Morgan fingerprint density at radius 2 is 1.62 bits per heavy atom. The molecule has 3 heterocycles. The van der Waals surface area contributed by atoms with Crippen LogP contribution >= 0.6 is 0 Å².